The number of amides is 1. The van der Waals surface area contributed by atoms with Crippen molar-refractivity contribution in [2.75, 3.05) is 40.2 Å². The summed E-state index contributed by atoms with van der Waals surface area (Å²) in [5, 5.41) is 3.56. The quantitative estimate of drug-likeness (QED) is 0.347. The zero-order valence-corrected chi connectivity index (χ0v) is 21.3. The standard InChI is InChI=1S/C25H25Cl2N5O3/c1-31(2)11-12-32-10-7-15(14-32)30-25(33)17-6-5-16(23-24(17)29-9-8-28-23)20-21(26)18(34-3)13-19(35-4)22(20)27/h5-10,13-14H,11-12H2,1-4H3,(H,30,33). The first-order chi connectivity index (χ1) is 16.8. The van der Waals surface area contributed by atoms with Crippen LogP contribution < -0.4 is 14.8 Å². The lowest BCUT2D eigenvalue weighted by molar-refractivity contribution is 0.102. The maximum absolute atomic E-state index is 13.2. The maximum Gasteiger partial charge on any atom is 0.257 e. The van der Waals surface area contributed by atoms with Crippen LogP contribution >= 0.6 is 23.2 Å². The molecule has 0 unspecified atom stereocenters. The van der Waals surface area contributed by atoms with Crippen LogP contribution in [-0.2, 0) is 6.54 Å². The van der Waals surface area contributed by atoms with Gasteiger partial charge in [-0.3, -0.25) is 14.8 Å². The Morgan fingerprint density at radius 2 is 1.69 bits per heavy atom. The minimum atomic E-state index is -0.298. The third-order valence-electron chi connectivity index (χ3n) is 5.53. The summed E-state index contributed by atoms with van der Waals surface area (Å²) >= 11 is 13.3. The number of anilines is 1. The van der Waals surface area contributed by atoms with Gasteiger partial charge in [-0.1, -0.05) is 29.3 Å². The van der Waals surface area contributed by atoms with E-state index in [1.54, 1.807) is 24.4 Å². The molecule has 10 heteroatoms. The van der Waals surface area contributed by atoms with Crippen LogP contribution in [0.25, 0.3) is 22.2 Å². The first-order valence-corrected chi connectivity index (χ1v) is 11.6. The predicted octanol–water partition coefficient (Wildman–Crippen LogP) is 5.24. The van der Waals surface area contributed by atoms with Gasteiger partial charge in [-0.2, -0.15) is 0 Å². The molecule has 0 saturated heterocycles. The minimum absolute atomic E-state index is 0.298. The monoisotopic (exact) mass is 513 g/mol. The van der Waals surface area contributed by atoms with Crippen LogP contribution in [0.3, 0.4) is 0 Å². The lowest BCUT2D eigenvalue weighted by Gasteiger charge is -2.16. The van der Waals surface area contributed by atoms with Crippen molar-refractivity contribution >= 4 is 45.8 Å². The average molecular weight is 514 g/mol. The van der Waals surface area contributed by atoms with Crippen LogP contribution in [0.4, 0.5) is 5.69 Å². The Hall–Kier alpha value is -3.33. The number of benzene rings is 2. The number of methoxy groups -OCH3 is 2. The Balaban J connectivity index is 1.74. The maximum atomic E-state index is 13.2. The van der Waals surface area contributed by atoms with E-state index in [1.807, 2.05) is 37.1 Å². The molecular weight excluding hydrogens is 489 g/mol. The molecular formula is C25H25Cl2N5O3. The van der Waals surface area contributed by atoms with Crippen molar-refractivity contribution < 1.29 is 14.3 Å². The summed E-state index contributed by atoms with van der Waals surface area (Å²) in [5.41, 5.74) is 3.05. The van der Waals surface area contributed by atoms with Crippen molar-refractivity contribution in [2.24, 2.45) is 0 Å². The van der Waals surface area contributed by atoms with Crippen molar-refractivity contribution in [1.82, 2.24) is 19.4 Å². The van der Waals surface area contributed by atoms with Crippen molar-refractivity contribution in [1.29, 1.82) is 0 Å². The number of hydrogen-bond donors (Lipinski definition) is 1. The topological polar surface area (TPSA) is 81.5 Å². The SMILES string of the molecule is COc1cc(OC)c(Cl)c(-c2ccc(C(=O)Nc3ccn(CCN(C)C)c3)c3nccnc23)c1Cl. The molecule has 1 N–H and O–H groups in total. The van der Waals surface area contributed by atoms with E-state index < -0.39 is 0 Å². The van der Waals surface area contributed by atoms with E-state index in [9.17, 15) is 4.79 Å². The number of ether oxygens (including phenoxy) is 2. The molecule has 1 amide bonds. The molecule has 0 bridgehead atoms. The van der Waals surface area contributed by atoms with Crippen molar-refractivity contribution in [3.05, 3.63) is 64.7 Å². The second kappa shape index (κ2) is 10.5. The van der Waals surface area contributed by atoms with E-state index in [-0.39, 0.29) is 5.91 Å². The van der Waals surface area contributed by atoms with E-state index in [2.05, 4.69) is 20.2 Å². The summed E-state index contributed by atoms with van der Waals surface area (Å²) in [4.78, 5) is 24.2. The first-order valence-electron chi connectivity index (χ1n) is 10.8. The van der Waals surface area contributed by atoms with E-state index in [0.29, 0.717) is 55.0 Å². The number of rotatable bonds is 8. The zero-order chi connectivity index (χ0) is 25.1. The van der Waals surface area contributed by atoms with E-state index in [0.717, 1.165) is 13.1 Å². The number of carbonyl (C=O) groups excluding carboxylic acids is 1. The Kier molecular flexibility index (Phi) is 7.45. The van der Waals surface area contributed by atoms with Crippen molar-refractivity contribution in [2.45, 2.75) is 6.54 Å². The molecule has 0 fully saturated rings. The van der Waals surface area contributed by atoms with Gasteiger partial charge in [0.2, 0.25) is 0 Å². The number of aromatic nitrogens is 3. The molecule has 0 aliphatic rings. The highest BCUT2D eigenvalue weighted by atomic mass is 35.5. The molecule has 182 valence electrons. The third kappa shape index (κ3) is 5.05. The van der Waals surface area contributed by atoms with E-state index in [1.165, 1.54) is 20.4 Å². The molecule has 0 atom stereocenters. The summed E-state index contributed by atoms with van der Waals surface area (Å²) in [6, 6.07) is 6.91. The van der Waals surface area contributed by atoms with Gasteiger partial charge in [-0.05, 0) is 26.2 Å². The minimum Gasteiger partial charge on any atom is -0.495 e. The highest BCUT2D eigenvalue weighted by Gasteiger charge is 2.23. The van der Waals surface area contributed by atoms with E-state index in [4.69, 9.17) is 32.7 Å². The summed E-state index contributed by atoms with van der Waals surface area (Å²) in [6.45, 7) is 1.71. The second-order valence-corrected chi connectivity index (χ2v) is 8.85. The smallest absolute Gasteiger partial charge is 0.257 e. The molecule has 0 radical (unpaired) electrons. The predicted molar refractivity (Wildman–Crippen MR) is 139 cm³/mol. The fraction of sp³-hybridized carbons (Fsp3) is 0.240. The van der Waals surface area contributed by atoms with Crippen LogP contribution in [0.1, 0.15) is 10.4 Å². The normalized spacial score (nSPS) is 11.2. The first kappa shape index (κ1) is 24.8. The van der Waals surface area contributed by atoms with Gasteiger partial charge in [-0.25, -0.2) is 0 Å². The number of likely N-dealkylation sites (N-methyl/N-ethyl adjacent to an activating group) is 1. The molecule has 0 spiro atoms. The van der Waals surface area contributed by atoms with Gasteiger partial charge in [0, 0.05) is 55.1 Å². The Morgan fingerprint density at radius 1 is 1.03 bits per heavy atom. The summed E-state index contributed by atoms with van der Waals surface area (Å²) in [7, 11) is 7.06. The van der Waals surface area contributed by atoms with Gasteiger partial charge in [0.25, 0.3) is 5.91 Å². The number of carbonyl (C=O) groups is 1. The zero-order valence-electron chi connectivity index (χ0n) is 19.8. The Bertz CT molecular complexity index is 1360. The fourth-order valence-electron chi connectivity index (χ4n) is 3.73. The fourth-order valence-corrected chi connectivity index (χ4v) is 4.44. The largest absolute Gasteiger partial charge is 0.495 e. The van der Waals surface area contributed by atoms with E-state index >= 15 is 0 Å². The Morgan fingerprint density at radius 3 is 2.31 bits per heavy atom. The molecule has 8 nitrogen and oxygen atoms in total. The lowest BCUT2D eigenvalue weighted by atomic mass is 9.99. The third-order valence-corrected chi connectivity index (χ3v) is 6.28. The van der Waals surface area contributed by atoms with Crippen LogP contribution in [0.5, 0.6) is 11.5 Å². The van der Waals surface area contributed by atoms with Gasteiger partial charge >= 0.3 is 0 Å². The molecule has 2 aromatic carbocycles. The summed E-state index contributed by atoms with van der Waals surface area (Å²) in [5.74, 6) is 0.508. The second-order valence-electron chi connectivity index (χ2n) is 8.09. The number of hydrogen-bond acceptors (Lipinski definition) is 6. The van der Waals surface area contributed by atoms with Gasteiger partial charge < -0.3 is 24.3 Å². The molecule has 0 aliphatic heterocycles. The van der Waals surface area contributed by atoms with Crippen LogP contribution in [0.2, 0.25) is 10.0 Å². The molecule has 0 saturated carbocycles. The van der Waals surface area contributed by atoms with Crippen LogP contribution in [-0.4, -0.2) is 60.2 Å². The van der Waals surface area contributed by atoms with Gasteiger partial charge in [-0.15, -0.1) is 0 Å². The number of halogens is 2. The lowest BCUT2D eigenvalue weighted by Crippen LogP contribution is -2.17. The number of nitrogens with one attached hydrogen (secondary N) is 1. The van der Waals surface area contributed by atoms with Crippen LogP contribution in [0, 0.1) is 0 Å². The molecule has 2 heterocycles. The number of fused-ring (bicyclic) bond motifs is 1. The number of nitrogens with zero attached hydrogens (tertiary/aromatic N) is 4. The average Bonchev–Trinajstić information content (AvgIpc) is 3.30. The highest BCUT2D eigenvalue weighted by Crippen LogP contribution is 2.47. The summed E-state index contributed by atoms with van der Waals surface area (Å²) < 4.78 is 12.8. The molecule has 2 aromatic heterocycles. The molecule has 35 heavy (non-hydrogen) atoms. The van der Waals surface area contributed by atoms with Crippen LogP contribution in [0.15, 0.2) is 49.1 Å². The molecule has 0 aliphatic carbocycles. The van der Waals surface area contributed by atoms with Gasteiger partial charge in [0.1, 0.15) is 17.0 Å². The molecule has 4 aromatic rings. The van der Waals surface area contributed by atoms with Crippen molar-refractivity contribution in [3.63, 3.8) is 0 Å². The molecule has 4 rings (SSSR count). The highest BCUT2D eigenvalue weighted by molar-refractivity contribution is 6.41. The summed E-state index contributed by atoms with van der Waals surface area (Å²) in [6.07, 6.45) is 6.92. The Labute approximate surface area is 213 Å². The van der Waals surface area contributed by atoms with Gasteiger partial charge in [0.15, 0.2) is 0 Å². The van der Waals surface area contributed by atoms with Crippen molar-refractivity contribution in [3.8, 4) is 22.6 Å². The van der Waals surface area contributed by atoms with Gasteiger partial charge in [0.05, 0.1) is 41.0 Å².